The van der Waals surface area contributed by atoms with E-state index in [1.807, 2.05) is 11.3 Å². The second-order valence-electron chi connectivity index (χ2n) is 17.5. The zero-order valence-electron chi connectivity index (χ0n) is 34.9. The minimum Gasteiger partial charge on any atom is -0.310 e. The van der Waals surface area contributed by atoms with E-state index < -0.39 is 10.8 Å². The van der Waals surface area contributed by atoms with Crippen LogP contribution in [0, 0.1) is 0 Å². The Morgan fingerprint density at radius 2 is 0.641 bits per heavy atom. The molecule has 298 valence electrons. The van der Waals surface area contributed by atoms with Crippen LogP contribution in [0.4, 0.5) is 17.1 Å². The molecule has 10 aromatic carbocycles. The first-order valence-corrected chi connectivity index (χ1v) is 23.1. The zero-order chi connectivity index (χ0) is 42.0. The molecule has 0 saturated heterocycles. The SMILES string of the molecule is c1ccc(C2(c3ccccc3)c3ccccc3-c3ccc(N(c4ccc5c(c4)C4(c6ccccc6-c6ccccc64)c4ccccc4-5)c4ccc5c(c4)sc4ccccc45)cc32)cc1. The number of benzene rings is 10. The highest BCUT2D eigenvalue weighted by atomic mass is 32.1. The summed E-state index contributed by atoms with van der Waals surface area (Å²) in [5.74, 6) is 0. The summed E-state index contributed by atoms with van der Waals surface area (Å²) in [7, 11) is 0. The summed E-state index contributed by atoms with van der Waals surface area (Å²) >= 11 is 1.87. The molecule has 0 aliphatic heterocycles. The van der Waals surface area contributed by atoms with Gasteiger partial charge in [-0.2, -0.15) is 0 Å². The Bertz CT molecular complexity index is 3480. The van der Waals surface area contributed by atoms with Gasteiger partial charge in [-0.1, -0.05) is 194 Å². The van der Waals surface area contributed by atoms with Gasteiger partial charge in [0.25, 0.3) is 0 Å². The van der Waals surface area contributed by atoms with Crippen LogP contribution in [0.5, 0.6) is 0 Å². The number of nitrogens with zero attached hydrogens (tertiary/aromatic N) is 1. The maximum Gasteiger partial charge on any atom is 0.0726 e. The number of thiophene rings is 1. The molecule has 1 heterocycles. The van der Waals surface area contributed by atoms with Gasteiger partial charge in [-0.15, -0.1) is 11.3 Å². The van der Waals surface area contributed by atoms with E-state index in [9.17, 15) is 0 Å². The van der Waals surface area contributed by atoms with Gasteiger partial charge in [0.05, 0.1) is 10.8 Å². The zero-order valence-corrected chi connectivity index (χ0v) is 35.7. The molecule has 1 nitrogen and oxygen atoms in total. The summed E-state index contributed by atoms with van der Waals surface area (Å²) < 4.78 is 2.59. The predicted molar refractivity (Wildman–Crippen MR) is 268 cm³/mol. The standard InChI is InChI=1S/C62H39NS/c1-3-17-40(18-4-1)61(41-19-5-2-6-20-41)53-26-12-7-23-47(53)49-34-31-42(37-57(49)61)63(44-33-36-52-51-25-11-16-30-59(51)64-60(52)39-44)43-32-35-50-48-24-10-15-29-56(48)62(58(50)38-43)54-27-13-8-21-45(54)46-22-9-14-28-55(46)62/h1-39H. The van der Waals surface area contributed by atoms with Crippen molar-refractivity contribution in [3.8, 4) is 33.4 Å². The lowest BCUT2D eigenvalue weighted by Gasteiger charge is -2.35. The Balaban J connectivity index is 1.06. The molecule has 3 aliphatic rings. The van der Waals surface area contributed by atoms with Crippen molar-refractivity contribution in [1.82, 2.24) is 0 Å². The third-order valence-corrected chi connectivity index (χ3v) is 15.7. The molecule has 0 unspecified atom stereocenters. The monoisotopic (exact) mass is 829 g/mol. The van der Waals surface area contributed by atoms with E-state index in [2.05, 4.69) is 241 Å². The number of hydrogen-bond donors (Lipinski definition) is 0. The molecule has 11 aromatic rings. The fraction of sp³-hybridized carbons (Fsp3) is 0.0323. The van der Waals surface area contributed by atoms with Crippen molar-refractivity contribution >= 4 is 48.6 Å². The van der Waals surface area contributed by atoms with Gasteiger partial charge in [0.1, 0.15) is 0 Å². The number of hydrogen-bond acceptors (Lipinski definition) is 2. The fourth-order valence-corrected chi connectivity index (χ4v) is 13.2. The average Bonchev–Trinajstić information content (AvgIpc) is 4.07. The van der Waals surface area contributed by atoms with Gasteiger partial charge in [0, 0.05) is 37.2 Å². The lowest BCUT2D eigenvalue weighted by Crippen LogP contribution is -2.28. The number of fused-ring (bicyclic) bond motifs is 16. The van der Waals surface area contributed by atoms with E-state index >= 15 is 0 Å². The Hall–Kier alpha value is -7.78. The molecule has 0 fully saturated rings. The highest BCUT2D eigenvalue weighted by molar-refractivity contribution is 7.25. The summed E-state index contributed by atoms with van der Waals surface area (Å²) in [6, 6.07) is 89.0. The van der Waals surface area contributed by atoms with Crippen LogP contribution in [-0.4, -0.2) is 0 Å². The molecule has 1 aromatic heterocycles. The van der Waals surface area contributed by atoms with Crippen LogP contribution in [-0.2, 0) is 10.8 Å². The van der Waals surface area contributed by atoms with Gasteiger partial charge in [0.2, 0.25) is 0 Å². The molecule has 1 spiro atoms. The van der Waals surface area contributed by atoms with Gasteiger partial charge in [-0.05, 0) is 120 Å². The highest BCUT2D eigenvalue weighted by Crippen LogP contribution is 2.64. The maximum atomic E-state index is 2.53. The molecule has 0 amide bonds. The van der Waals surface area contributed by atoms with Crippen molar-refractivity contribution in [2.75, 3.05) is 4.90 Å². The Morgan fingerprint density at radius 3 is 1.17 bits per heavy atom. The van der Waals surface area contributed by atoms with Crippen LogP contribution in [0.3, 0.4) is 0 Å². The third kappa shape index (κ3) is 4.63. The smallest absolute Gasteiger partial charge is 0.0726 e. The normalized spacial score (nSPS) is 14.2. The Kier molecular flexibility index (Phi) is 7.47. The van der Waals surface area contributed by atoms with E-state index in [0.717, 1.165) is 17.1 Å². The first kappa shape index (κ1) is 35.8. The van der Waals surface area contributed by atoms with Crippen LogP contribution in [0.25, 0.3) is 53.6 Å². The Morgan fingerprint density at radius 1 is 0.266 bits per heavy atom. The summed E-state index contributed by atoms with van der Waals surface area (Å²) in [6.45, 7) is 0. The minimum atomic E-state index is -0.521. The number of rotatable bonds is 5. The van der Waals surface area contributed by atoms with E-state index in [1.165, 1.54) is 98.1 Å². The van der Waals surface area contributed by atoms with Crippen molar-refractivity contribution in [3.05, 3.63) is 281 Å². The second-order valence-corrected chi connectivity index (χ2v) is 18.6. The molecule has 64 heavy (non-hydrogen) atoms. The lowest BCUT2D eigenvalue weighted by molar-refractivity contribution is 0.768. The molecule has 14 rings (SSSR count). The van der Waals surface area contributed by atoms with E-state index in [-0.39, 0.29) is 0 Å². The van der Waals surface area contributed by atoms with Crippen molar-refractivity contribution in [2.45, 2.75) is 10.8 Å². The minimum absolute atomic E-state index is 0.453. The van der Waals surface area contributed by atoms with Crippen LogP contribution in [0.15, 0.2) is 237 Å². The molecule has 0 N–H and O–H groups in total. The predicted octanol–water partition coefficient (Wildman–Crippen LogP) is 16.2. The van der Waals surface area contributed by atoms with Crippen molar-refractivity contribution in [1.29, 1.82) is 0 Å². The topological polar surface area (TPSA) is 3.24 Å². The molecule has 2 heteroatoms. The van der Waals surface area contributed by atoms with Gasteiger partial charge in [-0.25, -0.2) is 0 Å². The van der Waals surface area contributed by atoms with E-state index in [0.29, 0.717) is 0 Å². The van der Waals surface area contributed by atoms with Gasteiger partial charge in [-0.3, -0.25) is 0 Å². The van der Waals surface area contributed by atoms with Crippen LogP contribution >= 0.6 is 11.3 Å². The van der Waals surface area contributed by atoms with Crippen LogP contribution in [0.2, 0.25) is 0 Å². The van der Waals surface area contributed by atoms with Crippen molar-refractivity contribution in [2.24, 2.45) is 0 Å². The van der Waals surface area contributed by atoms with Crippen LogP contribution < -0.4 is 4.90 Å². The van der Waals surface area contributed by atoms with Crippen molar-refractivity contribution in [3.63, 3.8) is 0 Å². The highest BCUT2D eigenvalue weighted by Gasteiger charge is 2.52. The van der Waals surface area contributed by atoms with Gasteiger partial charge in [0.15, 0.2) is 0 Å². The first-order chi connectivity index (χ1) is 31.7. The van der Waals surface area contributed by atoms with Crippen LogP contribution in [0.1, 0.15) is 44.5 Å². The molecule has 0 bridgehead atoms. The summed E-state index contributed by atoms with van der Waals surface area (Å²) in [6.07, 6.45) is 0. The second kappa shape index (κ2) is 13.4. The largest absolute Gasteiger partial charge is 0.310 e. The molecular formula is C62H39NS. The van der Waals surface area contributed by atoms with Crippen molar-refractivity contribution < 1.29 is 0 Å². The van der Waals surface area contributed by atoms with Gasteiger partial charge >= 0.3 is 0 Å². The Labute approximate surface area is 376 Å². The molecule has 0 radical (unpaired) electrons. The molecular weight excluding hydrogens is 791 g/mol. The summed E-state index contributed by atoms with van der Waals surface area (Å²) in [4.78, 5) is 2.53. The third-order valence-electron chi connectivity index (χ3n) is 14.6. The summed E-state index contributed by atoms with van der Waals surface area (Å²) in [5, 5.41) is 2.60. The molecule has 0 atom stereocenters. The first-order valence-electron chi connectivity index (χ1n) is 22.3. The average molecular weight is 830 g/mol. The van der Waals surface area contributed by atoms with E-state index in [4.69, 9.17) is 0 Å². The van der Waals surface area contributed by atoms with E-state index in [1.54, 1.807) is 0 Å². The van der Waals surface area contributed by atoms with Gasteiger partial charge < -0.3 is 4.90 Å². The molecule has 3 aliphatic carbocycles. The number of anilines is 3. The maximum absolute atomic E-state index is 2.53. The fourth-order valence-electron chi connectivity index (χ4n) is 12.1. The molecule has 0 saturated carbocycles. The summed E-state index contributed by atoms with van der Waals surface area (Å²) in [5.41, 5.74) is 20.7. The lowest BCUT2D eigenvalue weighted by atomic mass is 9.67. The quantitative estimate of drug-likeness (QED) is 0.167.